The van der Waals surface area contributed by atoms with Crippen LogP contribution < -0.4 is 0 Å². The highest BCUT2D eigenvalue weighted by Gasteiger charge is 2.36. The van der Waals surface area contributed by atoms with Gasteiger partial charge >= 0.3 is 0 Å². The summed E-state index contributed by atoms with van der Waals surface area (Å²) in [6.07, 6.45) is 2.59. The number of alkyl halides is 1. The molecule has 2 rings (SSSR count). The van der Waals surface area contributed by atoms with Crippen LogP contribution >= 0.6 is 15.9 Å². The minimum absolute atomic E-state index is 0.0913. The quantitative estimate of drug-likeness (QED) is 0.737. The third kappa shape index (κ3) is 2.82. The smallest absolute Gasteiger partial charge is 0.154 e. The summed E-state index contributed by atoms with van der Waals surface area (Å²) in [4.78, 5) is -0.0913. The van der Waals surface area contributed by atoms with Crippen molar-refractivity contribution in [3.05, 3.63) is 33.9 Å². The Labute approximate surface area is 131 Å². The molecule has 2 unspecified atom stereocenters. The van der Waals surface area contributed by atoms with Gasteiger partial charge in [-0.15, -0.1) is 0 Å². The molecular formula is C16H23BrO2S. The molecule has 1 aliphatic heterocycles. The number of benzene rings is 1. The largest absolute Gasteiger partial charge is 0.228 e. The van der Waals surface area contributed by atoms with Crippen LogP contribution in [0, 0.1) is 27.7 Å². The summed E-state index contributed by atoms with van der Waals surface area (Å²) >= 11 is 3.71. The summed E-state index contributed by atoms with van der Waals surface area (Å²) in [5, 5.41) is -0.283. The first-order chi connectivity index (χ1) is 9.25. The second kappa shape index (κ2) is 5.80. The second-order valence-corrected chi connectivity index (χ2v) is 9.30. The molecule has 1 heterocycles. The van der Waals surface area contributed by atoms with E-state index in [0.717, 1.165) is 19.3 Å². The van der Waals surface area contributed by atoms with E-state index in [1.54, 1.807) is 0 Å². The zero-order valence-electron chi connectivity index (χ0n) is 12.7. The van der Waals surface area contributed by atoms with E-state index in [1.165, 1.54) is 27.8 Å². The van der Waals surface area contributed by atoms with Crippen LogP contribution in [0.5, 0.6) is 0 Å². The molecule has 20 heavy (non-hydrogen) atoms. The third-order valence-corrected chi connectivity index (χ3v) is 8.39. The number of halogens is 1. The number of aryl methyl sites for hydroxylation is 2. The Balaban J connectivity index is 2.51. The molecule has 1 saturated heterocycles. The molecular weight excluding hydrogens is 336 g/mol. The zero-order chi connectivity index (χ0) is 15.1. The lowest BCUT2D eigenvalue weighted by molar-refractivity contribution is 0.536. The Hall–Kier alpha value is -0.350. The SMILES string of the molecule is Cc1cc(C)c(C)c(C(Br)C2CCCCS2(=O)=O)c1C. The molecule has 1 fully saturated rings. The van der Waals surface area contributed by atoms with Crippen molar-refractivity contribution in [2.45, 2.75) is 57.0 Å². The number of hydrogen-bond donors (Lipinski definition) is 0. The molecule has 0 N–H and O–H groups in total. The number of rotatable bonds is 2. The highest BCUT2D eigenvalue weighted by atomic mass is 79.9. The van der Waals surface area contributed by atoms with E-state index in [9.17, 15) is 8.42 Å². The van der Waals surface area contributed by atoms with Gasteiger partial charge in [-0.1, -0.05) is 28.4 Å². The minimum atomic E-state index is -2.98. The molecule has 0 saturated carbocycles. The molecule has 1 aromatic carbocycles. The van der Waals surface area contributed by atoms with Gasteiger partial charge in [-0.25, -0.2) is 8.42 Å². The summed E-state index contributed by atoms with van der Waals surface area (Å²) in [7, 11) is -2.98. The predicted octanol–water partition coefficient (Wildman–Crippen LogP) is 4.32. The average Bonchev–Trinajstić information content (AvgIpc) is 2.36. The van der Waals surface area contributed by atoms with E-state index < -0.39 is 9.84 Å². The fraction of sp³-hybridized carbons (Fsp3) is 0.625. The van der Waals surface area contributed by atoms with Gasteiger partial charge in [-0.2, -0.15) is 0 Å². The zero-order valence-corrected chi connectivity index (χ0v) is 15.1. The van der Waals surface area contributed by atoms with Crippen LogP contribution in [0.15, 0.2) is 6.07 Å². The molecule has 0 spiro atoms. The van der Waals surface area contributed by atoms with Crippen LogP contribution in [0.1, 0.15) is 51.9 Å². The Bertz CT molecular complexity index is 594. The maximum atomic E-state index is 12.4. The molecule has 1 aromatic rings. The summed E-state index contributed by atoms with van der Waals surface area (Å²) in [6.45, 7) is 8.39. The fourth-order valence-electron chi connectivity index (χ4n) is 3.15. The number of hydrogen-bond acceptors (Lipinski definition) is 2. The van der Waals surface area contributed by atoms with Gasteiger partial charge in [0.1, 0.15) is 0 Å². The predicted molar refractivity (Wildman–Crippen MR) is 88.5 cm³/mol. The maximum Gasteiger partial charge on any atom is 0.154 e. The first-order valence-corrected chi connectivity index (χ1v) is 9.81. The molecule has 112 valence electrons. The van der Waals surface area contributed by atoms with Crippen LogP contribution in [-0.2, 0) is 9.84 Å². The van der Waals surface area contributed by atoms with Crippen LogP contribution in [0.25, 0.3) is 0 Å². The highest BCUT2D eigenvalue weighted by Crippen LogP contribution is 2.40. The standard InChI is InChI=1S/C16H23BrO2S/c1-10-9-11(2)13(4)15(12(10)3)16(17)14-7-5-6-8-20(14,18)19/h9,14,16H,5-8H2,1-4H3. The maximum absolute atomic E-state index is 12.4. The third-order valence-electron chi connectivity index (χ3n) is 4.65. The lowest BCUT2D eigenvalue weighted by Gasteiger charge is -2.29. The highest BCUT2D eigenvalue weighted by molar-refractivity contribution is 9.09. The first-order valence-electron chi connectivity index (χ1n) is 7.18. The van der Waals surface area contributed by atoms with Gasteiger partial charge in [0.25, 0.3) is 0 Å². The summed E-state index contributed by atoms with van der Waals surface area (Å²) in [5.41, 5.74) is 6.09. The van der Waals surface area contributed by atoms with Gasteiger partial charge in [-0.05, 0) is 68.4 Å². The Morgan fingerprint density at radius 3 is 2.15 bits per heavy atom. The fourth-order valence-corrected chi connectivity index (χ4v) is 7.03. The Kier molecular flexibility index (Phi) is 4.65. The van der Waals surface area contributed by atoms with Crippen molar-refractivity contribution in [2.24, 2.45) is 0 Å². The summed E-state index contributed by atoms with van der Waals surface area (Å²) < 4.78 is 24.7. The van der Waals surface area contributed by atoms with E-state index in [-0.39, 0.29) is 10.1 Å². The lowest BCUT2D eigenvalue weighted by Crippen LogP contribution is -2.32. The van der Waals surface area contributed by atoms with Gasteiger partial charge in [0.15, 0.2) is 9.84 Å². The Morgan fingerprint density at radius 2 is 1.65 bits per heavy atom. The van der Waals surface area contributed by atoms with Crippen LogP contribution in [0.3, 0.4) is 0 Å². The first kappa shape index (κ1) is 16.0. The van der Waals surface area contributed by atoms with Crippen molar-refractivity contribution in [3.8, 4) is 0 Å². The molecule has 0 amide bonds. The van der Waals surface area contributed by atoms with Crippen LogP contribution in [0.2, 0.25) is 0 Å². The molecule has 2 nitrogen and oxygen atoms in total. The van der Waals surface area contributed by atoms with Crippen LogP contribution in [0.4, 0.5) is 0 Å². The normalized spacial score (nSPS) is 23.6. The van der Waals surface area contributed by atoms with Gasteiger partial charge < -0.3 is 0 Å². The lowest BCUT2D eigenvalue weighted by atomic mass is 9.90. The molecule has 0 aliphatic carbocycles. The van der Waals surface area contributed by atoms with Crippen LogP contribution in [-0.4, -0.2) is 19.4 Å². The van der Waals surface area contributed by atoms with Crippen molar-refractivity contribution in [2.75, 3.05) is 5.75 Å². The molecule has 1 aliphatic rings. The summed E-state index contributed by atoms with van der Waals surface area (Å²) in [6, 6.07) is 2.18. The van der Waals surface area contributed by atoms with Crippen molar-refractivity contribution in [1.29, 1.82) is 0 Å². The van der Waals surface area contributed by atoms with Gasteiger partial charge in [0.2, 0.25) is 0 Å². The minimum Gasteiger partial charge on any atom is -0.228 e. The van der Waals surface area contributed by atoms with E-state index in [0.29, 0.717) is 5.75 Å². The Morgan fingerprint density at radius 1 is 1.10 bits per heavy atom. The van der Waals surface area contributed by atoms with Crippen molar-refractivity contribution < 1.29 is 8.42 Å². The molecule has 0 radical (unpaired) electrons. The van der Waals surface area contributed by atoms with Gasteiger partial charge in [-0.3, -0.25) is 0 Å². The molecule has 4 heteroatoms. The molecule has 0 bridgehead atoms. The molecule has 2 atom stereocenters. The van der Waals surface area contributed by atoms with Gasteiger partial charge in [0, 0.05) is 0 Å². The number of sulfone groups is 1. The summed E-state index contributed by atoms with van der Waals surface area (Å²) in [5.74, 6) is 0.336. The topological polar surface area (TPSA) is 34.1 Å². The average molecular weight is 359 g/mol. The van der Waals surface area contributed by atoms with Crippen molar-refractivity contribution >= 4 is 25.8 Å². The second-order valence-electron chi connectivity index (χ2n) is 5.98. The monoisotopic (exact) mass is 358 g/mol. The van der Waals surface area contributed by atoms with Crippen molar-refractivity contribution in [3.63, 3.8) is 0 Å². The van der Waals surface area contributed by atoms with E-state index in [1.807, 2.05) is 0 Å². The van der Waals surface area contributed by atoms with E-state index >= 15 is 0 Å². The van der Waals surface area contributed by atoms with E-state index in [2.05, 4.69) is 49.7 Å². The molecule has 0 aromatic heterocycles. The van der Waals surface area contributed by atoms with E-state index in [4.69, 9.17) is 0 Å². The van der Waals surface area contributed by atoms with Crippen molar-refractivity contribution in [1.82, 2.24) is 0 Å². The van der Waals surface area contributed by atoms with Gasteiger partial charge in [0.05, 0.1) is 15.8 Å².